The van der Waals surface area contributed by atoms with Gasteiger partial charge in [-0.3, -0.25) is 4.79 Å². The van der Waals surface area contributed by atoms with Crippen LogP contribution in [0.5, 0.6) is 0 Å². The Balaban J connectivity index is 2.09. The maximum atomic E-state index is 12.0. The van der Waals surface area contributed by atoms with Crippen molar-refractivity contribution in [2.75, 3.05) is 11.1 Å². The lowest BCUT2D eigenvalue weighted by atomic mass is 10.0. The summed E-state index contributed by atoms with van der Waals surface area (Å²) in [6.45, 7) is 2.16. The van der Waals surface area contributed by atoms with Gasteiger partial charge in [0.15, 0.2) is 0 Å². The highest BCUT2D eigenvalue weighted by Gasteiger charge is 2.22. The van der Waals surface area contributed by atoms with Crippen molar-refractivity contribution in [1.82, 2.24) is 0 Å². The monoisotopic (exact) mass is 235 g/mol. The fourth-order valence-corrected chi connectivity index (χ4v) is 3.01. The van der Waals surface area contributed by atoms with E-state index in [1.807, 2.05) is 18.2 Å². The van der Waals surface area contributed by atoms with E-state index in [1.54, 1.807) is 11.8 Å². The first-order chi connectivity index (χ1) is 7.81. The molecule has 1 atom stereocenters. The Bertz CT molecular complexity index is 378. The molecule has 2 rings (SSSR count). The van der Waals surface area contributed by atoms with E-state index >= 15 is 0 Å². The van der Waals surface area contributed by atoms with Crippen LogP contribution in [-0.2, 0) is 4.79 Å². The Hall–Kier alpha value is -0.960. The van der Waals surface area contributed by atoms with Crippen LogP contribution >= 0.6 is 11.8 Å². The number of rotatable bonds is 3. The summed E-state index contributed by atoms with van der Waals surface area (Å²) in [7, 11) is 0. The van der Waals surface area contributed by atoms with E-state index in [2.05, 4.69) is 18.3 Å². The summed E-state index contributed by atoms with van der Waals surface area (Å²) >= 11 is 1.79. The zero-order valence-electron chi connectivity index (χ0n) is 9.53. The van der Waals surface area contributed by atoms with E-state index in [0.29, 0.717) is 0 Å². The molecule has 1 aliphatic heterocycles. The Labute approximate surface area is 101 Å². The number of fused-ring (bicyclic) bond motifs is 1. The van der Waals surface area contributed by atoms with E-state index in [9.17, 15) is 4.79 Å². The molecule has 0 fully saturated rings. The number of unbranched alkanes of at least 4 members (excludes halogenated alkanes) is 1. The van der Waals surface area contributed by atoms with Gasteiger partial charge in [0.1, 0.15) is 0 Å². The molecule has 0 radical (unpaired) electrons. The van der Waals surface area contributed by atoms with Crippen molar-refractivity contribution in [3.63, 3.8) is 0 Å². The van der Waals surface area contributed by atoms with E-state index in [4.69, 9.17) is 0 Å². The summed E-state index contributed by atoms with van der Waals surface area (Å²) in [6.07, 6.45) is 3.29. The highest BCUT2D eigenvalue weighted by atomic mass is 32.2. The zero-order chi connectivity index (χ0) is 11.4. The van der Waals surface area contributed by atoms with Gasteiger partial charge in [0.05, 0.1) is 5.69 Å². The molecule has 16 heavy (non-hydrogen) atoms. The largest absolute Gasteiger partial charge is 0.325 e. The van der Waals surface area contributed by atoms with Crippen LogP contribution in [-0.4, -0.2) is 11.7 Å². The quantitative estimate of drug-likeness (QED) is 0.868. The maximum absolute atomic E-state index is 12.0. The van der Waals surface area contributed by atoms with Gasteiger partial charge in [-0.05, 0) is 18.6 Å². The molecule has 0 aliphatic carbocycles. The Morgan fingerprint density at radius 3 is 3.06 bits per heavy atom. The molecule has 2 nitrogen and oxygen atoms in total. The van der Waals surface area contributed by atoms with E-state index in [1.165, 1.54) is 4.90 Å². The number of thioether (sulfide) groups is 1. The van der Waals surface area contributed by atoms with E-state index < -0.39 is 0 Å². The van der Waals surface area contributed by atoms with Crippen LogP contribution < -0.4 is 5.32 Å². The molecule has 86 valence electrons. The third kappa shape index (κ3) is 2.59. The van der Waals surface area contributed by atoms with Gasteiger partial charge < -0.3 is 5.32 Å². The normalized spacial score (nSPS) is 19.8. The van der Waals surface area contributed by atoms with Crippen LogP contribution in [0.1, 0.15) is 26.2 Å². The van der Waals surface area contributed by atoms with Gasteiger partial charge in [-0.1, -0.05) is 31.9 Å². The van der Waals surface area contributed by atoms with Crippen molar-refractivity contribution in [3.05, 3.63) is 24.3 Å². The number of carbonyl (C=O) groups excluding carboxylic acids is 1. The van der Waals surface area contributed by atoms with Crippen LogP contribution in [0.4, 0.5) is 5.69 Å². The molecule has 1 N–H and O–H groups in total. The van der Waals surface area contributed by atoms with Crippen molar-refractivity contribution in [3.8, 4) is 0 Å². The van der Waals surface area contributed by atoms with Crippen LogP contribution in [0.2, 0.25) is 0 Å². The summed E-state index contributed by atoms with van der Waals surface area (Å²) < 4.78 is 0. The molecule has 0 saturated carbocycles. The van der Waals surface area contributed by atoms with Gasteiger partial charge in [-0.25, -0.2) is 0 Å². The van der Waals surface area contributed by atoms with Crippen LogP contribution in [0.3, 0.4) is 0 Å². The molecule has 1 aromatic carbocycles. The van der Waals surface area contributed by atoms with E-state index in [-0.39, 0.29) is 11.8 Å². The minimum atomic E-state index is 0.164. The smallest absolute Gasteiger partial charge is 0.228 e. The average Bonchev–Trinajstić information content (AvgIpc) is 2.45. The van der Waals surface area contributed by atoms with Gasteiger partial charge in [-0.2, -0.15) is 0 Å². The Morgan fingerprint density at radius 1 is 1.44 bits per heavy atom. The molecule has 0 bridgehead atoms. The predicted octanol–water partition coefficient (Wildman–Crippen LogP) is 3.54. The first-order valence-electron chi connectivity index (χ1n) is 5.84. The van der Waals surface area contributed by atoms with Gasteiger partial charge in [0, 0.05) is 16.6 Å². The summed E-state index contributed by atoms with van der Waals surface area (Å²) in [6, 6.07) is 8.03. The van der Waals surface area contributed by atoms with Crippen LogP contribution in [0.15, 0.2) is 29.2 Å². The van der Waals surface area contributed by atoms with Gasteiger partial charge in [0.2, 0.25) is 5.91 Å². The summed E-state index contributed by atoms with van der Waals surface area (Å²) in [5.74, 6) is 1.26. The second kappa shape index (κ2) is 5.39. The number of carbonyl (C=O) groups is 1. The van der Waals surface area contributed by atoms with Crippen LogP contribution in [0, 0.1) is 5.92 Å². The maximum Gasteiger partial charge on any atom is 0.228 e. The molecule has 0 spiro atoms. The average molecular weight is 235 g/mol. The number of hydrogen-bond acceptors (Lipinski definition) is 2. The van der Waals surface area contributed by atoms with Crippen molar-refractivity contribution in [1.29, 1.82) is 0 Å². The molecular weight excluding hydrogens is 218 g/mol. The minimum absolute atomic E-state index is 0.164. The highest BCUT2D eigenvalue weighted by Crippen LogP contribution is 2.33. The minimum Gasteiger partial charge on any atom is -0.325 e. The second-order valence-electron chi connectivity index (χ2n) is 4.14. The summed E-state index contributed by atoms with van der Waals surface area (Å²) in [5.41, 5.74) is 0.969. The molecule has 1 aliphatic rings. The van der Waals surface area contributed by atoms with Gasteiger partial charge in [-0.15, -0.1) is 11.8 Å². The lowest BCUT2D eigenvalue weighted by molar-refractivity contribution is -0.119. The first-order valence-corrected chi connectivity index (χ1v) is 6.82. The highest BCUT2D eigenvalue weighted by molar-refractivity contribution is 7.99. The summed E-state index contributed by atoms with van der Waals surface area (Å²) in [5, 5.41) is 3.02. The Morgan fingerprint density at radius 2 is 2.25 bits per heavy atom. The molecule has 1 aromatic rings. The Kier molecular flexibility index (Phi) is 3.88. The predicted molar refractivity (Wildman–Crippen MR) is 68.8 cm³/mol. The number of para-hydroxylation sites is 1. The number of nitrogens with one attached hydrogen (secondary N) is 1. The number of benzene rings is 1. The molecule has 0 aromatic heterocycles. The summed E-state index contributed by atoms with van der Waals surface area (Å²) in [4.78, 5) is 13.1. The molecule has 1 heterocycles. The van der Waals surface area contributed by atoms with Gasteiger partial charge in [0.25, 0.3) is 0 Å². The molecule has 1 unspecified atom stereocenters. The van der Waals surface area contributed by atoms with Crippen molar-refractivity contribution < 1.29 is 4.79 Å². The fraction of sp³-hybridized carbons (Fsp3) is 0.462. The van der Waals surface area contributed by atoms with Crippen molar-refractivity contribution >= 4 is 23.4 Å². The number of hydrogen-bond donors (Lipinski definition) is 1. The first kappa shape index (κ1) is 11.5. The zero-order valence-corrected chi connectivity index (χ0v) is 10.3. The third-order valence-corrected chi connectivity index (χ3v) is 4.10. The number of anilines is 1. The fourth-order valence-electron chi connectivity index (χ4n) is 1.86. The van der Waals surface area contributed by atoms with E-state index in [0.717, 1.165) is 30.7 Å². The van der Waals surface area contributed by atoms with Crippen molar-refractivity contribution in [2.45, 2.75) is 31.1 Å². The lowest BCUT2D eigenvalue weighted by Crippen LogP contribution is -2.23. The second-order valence-corrected chi connectivity index (χ2v) is 5.20. The topological polar surface area (TPSA) is 29.1 Å². The molecule has 3 heteroatoms. The lowest BCUT2D eigenvalue weighted by Gasteiger charge is -2.11. The third-order valence-electron chi connectivity index (χ3n) is 2.86. The molecule has 1 amide bonds. The van der Waals surface area contributed by atoms with Gasteiger partial charge >= 0.3 is 0 Å². The number of amides is 1. The molecule has 0 saturated heterocycles. The van der Waals surface area contributed by atoms with Crippen LogP contribution in [0.25, 0.3) is 0 Å². The molecular formula is C13H17NOS. The standard InChI is InChI=1S/C13H17NOS/c1-2-3-6-10-9-16-12-8-5-4-7-11(12)14-13(10)15/h4-5,7-8,10H,2-3,6,9H2,1H3,(H,14,15). The SMILES string of the molecule is CCCCC1CSc2ccccc2NC1=O. The van der Waals surface area contributed by atoms with Crippen molar-refractivity contribution in [2.24, 2.45) is 5.92 Å².